The van der Waals surface area contributed by atoms with Gasteiger partial charge in [0.15, 0.2) is 4.75 Å². The van der Waals surface area contributed by atoms with E-state index in [0.29, 0.717) is 19.0 Å². The van der Waals surface area contributed by atoms with Gasteiger partial charge in [0.25, 0.3) is 5.91 Å². The topological polar surface area (TPSA) is 125 Å². The third kappa shape index (κ3) is 3.19. The lowest BCUT2D eigenvalue weighted by Gasteiger charge is -2.41. The highest BCUT2D eigenvalue weighted by Gasteiger charge is 2.54. The number of aromatic nitrogens is 2. The zero-order chi connectivity index (χ0) is 17.9. The van der Waals surface area contributed by atoms with Crippen molar-refractivity contribution in [3.63, 3.8) is 0 Å². The summed E-state index contributed by atoms with van der Waals surface area (Å²) in [5.41, 5.74) is 1.52. The van der Waals surface area contributed by atoms with Crippen LogP contribution in [0, 0.1) is 0 Å². The fourth-order valence-electron chi connectivity index (χ4n) is 3.24. The fourth-order valence-corrected chi connectivity index (χ4v) is 5.34. The van der Waals surface area contributed by atoms with Crippen LogP contribution in [-0.4, -0.2) is 77.9 Å². The second kappa shape index (κ2) is 7.20. The Bertz CT molecular complexity index is 700. The summed E-state index contributed by atoms with van der Waals surface area (Å²) in [6, 6.07) is 1.71. The van der Waals surface area contributed by atoms with Gasteiger partial charge < -0.3 is 9.64 Å². The number of rotatable bonds is 4. The molecular formula is C14H21N5O5S. The van der Waals surface area contributed by atoms with Crippen LogP contribution in [0.15, 0.2) is 18.5 Å². The largest absolute Gasteiger partial charge is 0.381 e. The molecule has 1 aromatic heterocycles. The Kier molecular flexibility index (Phi) is 5.18. The minimum absolute atomic E-state index is 0.0176. The van der Waals surface area contributed by atoms with Gasteiger partial charge in [-0.3, -0.25) is 10.0 Å². The van der Waals surface area contributed by atoms with Gasteiger partial charge in [0, 0.05) is 64.6 Å². The smallest absolute Gasteiger partial charge is 0.266 e. The summed E-state index contributed by atoms with van der Waals surface area (Å²) >= 11 is 0. The Morgan fingerprint density at radius 1 is 1.16 bits per heavy atom. The Labute approximate surface area is 145 Å². The SMILES string of the molecule is O=C(NO)C1(S(=O)(=O)N2CCN(c3ncccn3)CC2)CCOCC1. The molecule has 2 aliphatic heterocycles. The molecular weight excluding hydrogens is 350 g/mol. The second-order valence-corrected chi connectivity index (χ2v) is 8.24. The number of sulfonamides is 1. The minimum atomic E-state index is -3.95. The molecule has 2 N–H and O–H groups in total. The first-order valence-electron chi connectivity index (χ1n) is 8.05. The van der Waals surface area contributed by atoms with E-state index in [1.54, 1.807) is 18.5 Å². The van der Waals surface area contributed by atoms with E-state index < -0.39 is 20.7 Å². The van der Waals surface area contributed by atoms with E-state index in [2.05, 4.69) is 9.97 Å². The third-order valence-electron chi connectivity index (χ3n) is 4.72. The molecule has 2 fully saturated rings. The molecule has 0 spiro atoms. The highest BCUT2D eigenvalue weighted by atomic mass is 32.2. The van der Waals surface area contributed by atoms with Gasteiger partial charge in [0.1, 0.15) is 0 Å². The van der Waals surface area contributed by atoms with Gasteiger partial charge in [-0.25, -0.2) is 23.9 Å². The average molecular weight is 371 g/mol. The summed E-state index contributed by atoms with van der Waals surface area (Å²) in [6.45, 7) is 1.62. The first-order chi connectivity index (χ1) is 12.0. The molecule has 25 heavy (non-hydrogen) atoms. The van der Waals surface area contributed by atoms with Crippen molar-refractivity contribution >= 4 is 21.9 Å². The molecule has 3 rings (SSSR count). The van der Waals surface area contributed by atoms with Crippen molar-refractivity contribution in [1.29, 1.82) is 0 Å². The molecule has 0 bridgehead atoms. The van der Waals surface area contributed by atoms with Crippen molar-refractivity contribution < 1.29 is 23.2 Å². The molecule has 2 aliphatic rings. The van der Waals surface area contributed by atoms with E-state index in [1.165, 1.54) is 9.79 Å². The number of nitrogens with zero attached hydrogens (tertiary/aromatic N) is 4. The lowest BCUT2D eigenvalue weighted by atomic mass is 9.98. The molecule has 0 saturated carbocycles. The summed E-state index contributed by atoms with van der Waals surface area (Å²) in [7, 11) is -3.95. The van der Waals surface area contributed by atoms with Gasteiger partial charge in [0.2, 0.25) is 16.0 Å². The lowest BCUT2D eigenvalue weighted by Crippen LogP contribution is -2.62. The van der Waals surface area contributed by atoms with Crippen LogP contribution in [0.2, 0.25) is 0 Å². The molecule has 3 heterocycles. The quantitative estimate of drug-likeness (QED) is 0.509. The molecule has 11 heteroatoms. The highest BCUT2D eigenvalue weighted by molar-refractivity contribution is 7.91. The van der Waals surface area contributed by atoms with Crippen molar-refractivity contribution in [2.75, 3.05) is 44.3 Å². The van der Waals surface area contributed by atoms with E-state index >= 15 is 0 Å². The summed E-state index contributed by atoms with van der Waals surface area (Å²) in [4.78, 5) is 22.4. The van der Waals surface area contributed by atoms with Crippen molar-refractivity contribution in [1.82, 2.24) is 19.8 Å². The maximum absolute atomic E-state index is 13.2. The first kappa shape index (κ1) is 18.0. The van der Waals surface area contributed by atoms with Crippen molar-refractivity contribution in [2.45, 2.75) is 17.6 Å². The summed E-state index contributed by atoms with van der Waals surface area (Å²) < 4.78 is 31.1. The van der Waals surface area contributed by atoms with Crippen LogP contribution >= 0.6 is 0 Å². The Morgan fingerprint density at radius 3 is 2.32 bits per heavy atom. The van der Waals surface area contributed by atoms with Crippen molar-refractivity contribution in [2.24, 2.45) is 0 Å². The third-order valence-corrected chi connectivity index (χ3v) is 7.35. The number of carbonyl (C=O) groups is 1. The number of amides is 1. The van der Waals surface area contributed by atoms with Crippen LogP contribution in [0.3, 0.4) is 0 Å². The van der Waals surface area contributed by atoms with Gasteiger partial charge in [0.05, 0.1) is 0 Å². The lowest BCUT2D eigenvalue weighted by molar-refractivity contribution is -0.134. The number of ether oxygens (including phenoxy) is 1. The molecule has 0 radical (unpaired) electrons. The standard InChI is InChI=1S/C14H21N5O5S/c20-12(17-21)14(2-10-24-11-3-14)25(22,23)19-8-6-18(7-9-19)13-15-4-1-5-16-13/h1,4-5,21H,2-3,6-11H2,(H,17,20). The van der Waals surface area contributed by atoms with Crippen LogP contribution in [0.5, 0.6) is 0 Å². The summed E-state index contributed by atoms with van der Waals surface area (Å²) in [5, 5.41) is 9.06. The summed E-state index contributed by atoms with van der Waals surface area (Å²) in [5.74, 6) is -0.349. The van der Waals surface area contributed by atoms with Crippen LogP contribution < -0.4 is 10.4 Å². The number of piperazine rings is 1. The number of carbonyl (C=O) groups excluding carboxylic acids is 1. The molecule has 0 unspecified atom stereocenters. The molecule has 0 aromatic carbocycles. The monoisotopic (exact) mass is 371 g/mol. The van der Waals surface area contributed by atoms with Crippen LogP contribution in [-0.2, 0) is 19.6 Å². The zero-order valence-corrected chi connectivity index (χ0v) is 14.5. The molecule has 0 aliphatic carbocycles. The number of hydrogen-bond acceptors (Lipinski definition) is 8. The van der Waals surface area contributed by atoms with Gasteiger partial charge in [-0.05, 0) is 6.07 Å². The van der Waals surface area contributed by atoms with Gasteiger partial charge >= 0.3 is 0 Å². The number of hydroxylamine groups is 1. The van der Waals surface area contributed by atoms with E-state index in [1.807, 2.05) is 4.90 Å². The predicted octanol–water partition coefficient (Wildman–Crippen LogP) is -1.02. The highest BCUT2D eigenvalue weighted by Crippen LogP contribution is 2.33. The molecule has 10 nitrogen and oxygen atoms in total. The first-order valence-corrected chi connectivity index (χ1v) is 9.49. The Hall–Kier alpha value is -1.82. The minimum Gasteiger partial charge on any atom is -0.381 e. The molecule has 2 saturated heterocycles. The maximum atomic E-state index is 13.2. The van der Waals surface area contributed by atoms with Crippen molar-refractivity contribution in [3.8, 4) is 0 Å². The zero-order valence-electron chi connectivity index (χ0n) is 13.7. The number of anilines is 1. The van der Waals surface area contributed by atoms with Crippen molar-refractivity contribution in [3.05, 3.63) is 18.5 Å². The molecule has 0 atom stereocenters. The normalized spacial score (nSPS) is 21.7. The van der Waals surface area contributed by atoms with E-state index in [0.717, 1.165) is 0 Å². The van der Waals surface area contributed by atoms with Crippen LogP contribution in [0.25, 0.3) is 0 Å². The van der Waals surface area contributed by atoms with Gasteiger partial charge in [-0.1, -0.05) is 0 Å². The summed E-state index contributed by atoms with van der Waals surface area (Å²) in [6.07, 6.45) is 3.30. The van der Waals surface area contributed by atoms with Gasteiger partial charge in [-0.15, -0.1) is 0 Å². The number of nitrogens with one attached hydrogen (secondary N) is 1. The maximum Gasteiger partial charge on any atom is 0.266 e. The molecule has 1 amide bonds. The average Bonchev–Trinajstić information content (AvgIpc) is 2.68. The second-order valence-electron chi connectivity index (χ2n) is 5.99. The van der Waals surface area contributed by atoms with E-state index in [9.17, 15) is 13.2 Å². The molecule has 138 valence electrons. The fraction of sp³-hybridized carbons (Fsp3) is 0.643. The Balaban J connectivity index is 1.77. The van der Waals surface area contributed by atoms with E-state index in [-0.39, 0.29) is 39.1 Å². The predicted molar refractivity (Wildman–Crippen MR) is 87.5 cm³/mol. The molecule has 1 aromatic rings. The van der Waals surface area contributed by atoms with Crippen LogP contribution in [0.4, 0.5) is 5.95 Å². The number of hydrogen-bond donors (Lipinski definition) is 2. The van der Waals surface area contributed by atoms with Crippen LogP contribution in [0.1, 0.15) is 12.8 Å². The van der Waals surface area contributed by atoms with E-state index in [4.69, 9.17) is 9.94 Å². The van der Waals surface area contributed by atoms with Gasteiger partial charge in [-0.2, -0.15) is 4.31 Å². The Morgan fingerprint density at radius 2 is 1.76 bits per heavy atom.